The first-order chi connectivity index (χ1) is 7.77. The van der Waals surface area contributed by atoms with Gasteiger partial charge >= 0.3 is 0 Å². The van der Waals surface area contributed by atoms with E-state index >= 15 is 0 Å². The van der Waals surface area contributed by atoms with Crippen molar-refractivity contribution in [3.63, 3.8) is 0 Å². The molecule has 16 heavy (non-hydrogen) atoms. The molecule has 0 spiro atoms. The molecule has 6 heteroatoms. The van der Waals surface area contributed by atoms with Crippen LogP contribution in [0, 0.1) is 0 Å². The Balaban J connectivity index is 2.37. The highest BCUT2D eigenvalue weighted by molar-refractivity contribution is 4.93. The molecule has 0 aliphatic carbocycles. The lowest BCUT2D eigenvalue weighted by Crippen LogP contribution is -2.19. The van der Waals surface area contributed by atoms with Gasteiger partial charge in [-0.1, -0.05) is 12.1 Å². The highest BCUT2D eigenvalue weighted by atomic mass is 16.5. The van der Waals surface area contributed by atoms with Crippen molar-refractivity contribution in [2.24, 2.45) is 5.73 Å². The average Bonchev–Trinajstić information content (AvgIpc) is 2.75. The van der Waals surface area contributed by atoms with Gasteiger partial charge in [0.15, 0.2) is 5.82 Å². The van der Waals surface area contributed by atoms with Gasteiger partial charge < -0.3 is 19.7 Å². The first-order valence-electron chi connectivity index (χ1n) is 5.42. The normalized spacial score (nSPS) is 12.9. The largest absolute Gasteiger partial charge is 0.384 e. The molecule has 1 aromatic rings. The van der Waals surface area contributed by atoms with Crippen molar-refractivity contribution in [3.8, 4) is 0 Å². The number of methoxy groups -OCH3 is 1. The summed E-state index contributed by atoms with van der Waals surface area (Å²) < 4.78 is 15.2. The molecular formula is C10H19N3O3. The van der Waals surface area contributed by atoms with E-state index in [1.54, 1.807) is 7.11 Å². The van der Waals surface area contributed by atoms with Crippen LogP contribution in [0.15, 0.2) is 4.52 Å². The Morgan fingerprint density at radius 3 is 2.94 bits per heavy atom. The molecule has 1 unspecified atom stereocenters. The molecule has 1 heterocycles. The van der Waals surface area contributed by atoms with Gasteiger partial charge in [-0.2, -0.15) is 4.98 Å². The molecule has 0 aromatic carbocycles. The van der Waals surface area contributed by atoms with E-state index in [0.717, 1.165) is 6.42 Å². The Kier molecular flexibility index (Phi) is 5.99. The third-order valence-corrected chi connectivity index (χ3v) is 1.98. The lowest BCUT2D eigenvalue weighted by molar-refractivity contribution is 0.119. The minimum Gasteiger partial charge on any atom is -0.384 e. The standard InChI is InChI=1S/C10H19N3O3/c1-3-5-15-7-8(11)10-12-9(16-13-10)4-6-14-2/h8H,3-7,11H2,1-2H3. The zero-order chi connectivity index (χ0) is 11.8. The fourth-order valence-electron chi connectivity index (χ4n) is 1.14. The van der Waals surface area contributed by atoms with E-state index < -0.39 is 0 Å². The smallest absolute Gasteiger partial charge is 0.229 e. The van der Waals surface area contributed by atoms with Crippen molar-refractivity contribution in [2.45, 2.75) is 25.8 Å². The molecule has 1 rings (SSSR count). The molecule has 0 aliphatic rings. The maximum Gasteiger partial charge on any atom is 0.229 e. The van der Waals surface area contributed by atoms with Gasteiger partial charge in [0.25, 0.3) is 0 Å². The first kappa shape index (κ1) is 13.1. The van der Waals surface area contributed by atoms with Crippen LogP contribution in [0.2, 0.25) is 0 Å². The molecular weight excluding hydrogens is 210 g/mol. The van der Waals surface area contributed by atoms with Crippen LogP contribution >= 0.6 is 0 Å². The fourth-order valence-corrected chi connectivity index (χ4v) is 1.14. The second-order valence-electron chi connectivity index (χ2n) is 3.47. The predicted octanol–water partition coefficient (Wildman–Crippen LogP) is 0.685. The van der Waals surface area contributed by atoms with Gasteiger partial charge in [0.1, 0.15) is 0 Å². The second kappa shape index (κ2) is 7.32. The van der Waals surface area contributed by atoms with Gasteiger partial charge in [-0.3, -0.25) is 0 Å². The summed E-state index contributed by atoms with van der Waals surface area (Å²) in [7, 11) is 1.63. The minimum absolute atomic E-state index is 0.327. The lowest BCUT2D eigenvalue weighted by Gasteiger charge is -2.06. The van der Waals surface area contributed by atoms with Gasteiger partial charge in [0.05, 0.1) is 25.7 Å². The maximum atomic E-state index is 5.84. The minimum atomic E-state index is -0.327. The van der Waals surface area contributed by atoms with Crippen LogP contribution in [-0.4, -0.2) is 37.1 Å². The molecule has 0 bridgehead atoms. The zero-order valence-corrected chi connectivity index (χ0v) is 9.81. The molecule has 2 N–H and O–H groups in total. The molecule has 0 saturated carbocycles. The van der Waals surface area contributed by atoms with Crippen LogP contribution < -0.4 is 5.73 Å². The van der Waals surface area contributed by atoms with Gasteiger partial charge in [-0.05, 0) is 6.42 Å². The van der Waals surface area contributed by atoms with E-state index in [1.165, 1.54) is 0 Å². The third-order valence-electron chi connectivity index (χ3n) is 1.98. The number of hydrogen-bond donors (Lipinski definition) is 1. The monoisotopic (exact) mass is 229 g/mol. The second-order valence-corrected chi connectivity index (χ2v) is 3.47. The van der Waals surface area contributed by atoms with E-state index in [9.17, 15) is 0 Å². The molecule has 1 atom stereocenters. The number of nitrogens with two attached hydrogens (primary N) is 1. The topological polar surface area (TPSA) is 83.4 Å². The number of rotatable bonds is 8. The van der Waals surface area contributed by atoms with E-state index in [4.69, 9.17) is 19.7 Å². The van der Waals surface area contributed by atoms with Crippen molar-refractivity contribution >= 4 is 0 Å². The van der Waals surface area contributed by atoms with Crippen molar-refractivity contribution in [3.05, 3.63) is 11.7 Å². The average molecular weight is 229 g/mol. The van der Waals surface area contributed by atoms with Gasteiger partial charge in [-0.15, -0.1) is 0 Å². The van der Waals surface area contributed by atoms with Gasteiger partial charge in [-0.25, -0.2) is 0 Å². The Labute approximate surface area is 95.1 Å². The van der Waals surface area contributed by atoms with Crippen LogP contribution in [-0.2, 0) is 15.9 Å². The Morgan fingerprint density at radius 1 is 1.44 bits per heavy atom. The summed E-state index contributed by atoms with van der Waals surface area (Å²) in [5.74, 6) is 1.03. The van der Waals surface area contributed by atoms with Crippen molar-refractivity contribution in [1.82, 2.24) is 10.1 Å². The quantitative estimate of drug-likeness (QED) is 0.660. The summed E-state index contributed by atoms with van der Waals surface area (Å²) in [6.07, 6.45) is 1.57. The summed E-state index contributed by atoms with van der Waals surface area (Å²) in [5.41, 5.74) is 5.84. The molecule has 92 valence electrons. The van der Waals surface area contributed by atoms with Crippen molar-refractivity contribution in [2.75, 3.05) is 26.9 Å². The van der Waals surface area contributed by atoms with Crippen LogP contribution in [0.5, 0.6) is 0 Å². The van der Waals surface area contributed by atoms with Crippen molar-refractivity contribution < 1.29 is 14.0 Å². The Bertz CT molecular complexity index is 291. The lowest BCUT2D eigenvalue weighted by atomic mass is 10.3. The molecule has 0 fully saturated rings. The Morgan fingerprint density at radius 2 is 2.25 bits per heavy atom. The molecule has 0 radical (unpaired) electrons. The molecule has 1 aromatic heterocycles. The third kappa shape index (κ3) is 4.26. The van der Waals surface area contributed by atoms with E-state index in [0.29, 0.717) is 38.0 Å². The Hall–Kier alpha value is -0.980. The predicted molar refractivity (Wildman–Crippen MR) is 57.9 cm³/mol. The first-order valence-corrected chi connectivity index (χ1v) is 5.42. The highest BCUT2D eigenvalue weighted by Crippen LogP contribution is 2.07. The van der Waals surface area contributed by atoms with E-state index in [-0.39, 0.29) is 6.04 Å². The number of ether oxygens (including phenoxy) is 2. The summed E-state index contributed by atoms with van der Waals surface area (Å²) in [6, 6.07) is -0.327. The van der Waals surface area contributed by atoms with Gasteiger partial charge in [0, 0.05) is 13.7 Å². The number of hydrogen-bond acceptors (Lipinski definition) is 6. The van der Waals surface area contributed by atoms with Crippen molar-refractivity contribution in [1.29, 1.82) is 0 Å². The summed E-state index contributed by atoms with van der Waals surface area (Å²) in [4.78, 5) is 4.16. The highest BCUT2D eigenvalue weighted by Gasteiger charge is 2.14. The molecule has 0 saturated heterocycles. The fraction of sp³-hybridized carbons (Fsp3) is 0.800. The molecule has 0 aliphatic heterocycles. The summed E-state index contributed by atoms with van der Waals surface area (Å²) in [5, 5.41) is 3.80. The summed E-state index contributed by atoms with van der Waals surface area (Å²) >= 11 is 0. The van der Waals surface area contributed by atoms with Gasteiger partial charge in [0.2, 0.25) is 5.89 Å². The van der Waals surface area contributed by atoms with E-state index in [2.05, 4.69) is 10.1 Å². The molecule has 6 nitrogen and oxygen atoms in total. The van der Waals surface area contributed by atoms with Crippen LogP contribution in [0.4, 0.5) is 0 Å². The number of nitrogens with zero attached hydrogens (tertiary/aromatic N) is 2. The van der Waals surface area contributed by atoms with Crippen LogP contribution in [0.25, 0.3) is 0 Å². The van der Waals surface area contributed by atoms with E-state index in [1.807, 2.05) is 6.92 Å². The van der Waals surface area contributed by atoms with Crippen LogP contribution in [0.3, 0.4) is 0 Å². The zero-order valence-electron chi connectivity index (χ0n) is 9.81. The van der Waals surface area contributed by atoms with Crippen LogP contribution in [0.1, 0.15) is 31.1 Å². The number of aromatic nitrogens is 2. The maximum absolute atomic E-state index is 5.84. The SMILES string of the molecule is CCCOCC(N)c1noc(CCOC)n1. The summed E-state index contributed by atoms with van der Waals surface area (Å²) in [6.45, 7) is 3.71. The molecule has 0 amide bonds.